The molecule has 0 radical (unpaired) electrons. The van der Waals surface area contributed by atoms with E-state index in [0.717, 1.165) is 22.2 Å². The van der Waals surface area contributed by atoms with Crippen LogP contribution in [0.1, 0.15) is 47.0 Å². The molecule has 2 atom stereocenters. The summed E-state index contributed by atoms with van der Waals surface area (Å²) in [5.41, 5.74) is 6.02. The number of carbonyl (C=O) groups excluding carboxylic acids is 2. The number of nitrogen functional groups attached to an aromatic ring is 1. The number of aryl methyl sites for hydroxylation is 1. The van der Waals surface area contributed by atoms with Gasteiger partial charge in [0, 0.05) is 22.5 Å². The molecule has 1 saturated heterocycles. The van der Waals surface area contributed by atoms with Crippen molar-refractivity contribution >= 4 is 45.6 Å². The zero-order valence-corrected chi connectivity index (χ0v) is 25.8. The molecule has 0 aliphatic carbocycles. The second-order valence-corrected chi connectivity index (χ2v) is 12.7. The van der Waals surface area contributed by atoms with Gasteiger partial charge in [0.15, 0.2) is 34.0 Å². The summed E-state index contributed by atoms with van der Waals surface area (Å²) in [6.07, 6.45) is 3.12. The highest BCUT2D eigenvalue weighted by molar-refractivity contribution is 9.10. The van der Waals surface area contributed by atoms with E-state index in [1.54, 1.807) is 34.0 Å². The average molecular weight is 650 g/mol. The maximum absolute atomic E-state index is 12.8. The summed E-state index contributed by atoms with van der Waals surface area (Å²) >= 11 is 4.96. The number of likely N-dealkylation sites (tertiary alicyclic amines) is 1. The number of rotatable bonds is 7. The van der Waals surface area contributed by atoms with Crippen molar-refractivity contribution in [3.8, 4) is 23.0 Å². The minimum absolute atomic E-state index is 0.171. The number of hydrogen-bond acceptors (Lipinski definition) is 11. The Morgan fingerprint density at radius 1 is 1.22 bits per heavy atom. The Bertz CT molecular complexity index is 1410. The summed E-state index contributed by atoms with van der Waals surface area (Å²) in [4.78, 5) is 41.8. The van der Waals surface area contributed by atoms with Crippen LogP contribution in [-0.4, -0.2) is 68.1 Å². The Balaban J connectivity index is 1.29. The fraction of sp³-hybridized carbons (Fsp3) is 0.519. The van der Waals surface area contributed by atoms with E-state index in [0.29, 0.717) is 53.5 Å². The molecule has 12 nitrogen and oxygen atoms in total. The Labute approximate surface area is 250 Å². The minimum atomic E-state index is -0.694. The van der Waals surface area contributed by atoms with Crippen LogP contribution in [0.25, 0.3) is 11.5 Å². The number of anilines is 1. The van der Waals surface area contributed by atoms with Crippen molar-refractivity contribution in [1.29, 1.82) is 0 Å². The van der Waals surface area contributed by atoms with E-state index in [1.807, 2.05) is 16.7 Å². The van der Waals surface area contributed by atoms with Crippen LogP contribution in [0.15, 0.2) is 33.0 Å². The van der Waals surface area contributed by atoms with Crippen molar-refractivity contribution in [3.05, 3.63) is 22.9 Å². The number of piperidine rings is 1. The number of hydrogen-bond donors (Lipinski definition) is 1. The van der Waals surface area contributed by atoms with Gasteiger partial charge in [0.25, 0.3) is 0 Å². The molecule has 5 rings (SSSR count). The molecule has 14 heteroatoms. The Kier molecular flexibility index (Phi) is 8.50. The van der Waals surface area contributed by atoms with Crippen LogP contribution in [0, 0.1) is 5.92 Å². The van der Waals surface area contributed by atoms with Gasteiger partial charge in [0.1, 0.15) is 11.6 Å². The summed E-state index contributed by atoms with van der Waals surface area (Å²) in [5.74, 6) is 2.04. The van der Waals surface area contributed by atoms with Crippen molar-refractivity contribution in [3.63, 3.8) is 0 Å². The van der Waals surface area contributed by atoms with Gasteiger partial charge in [-0.25, -0.2) is 24.5 Å². The number of halogens is 1. The second kappa shape index (κ2) is 11.9. The van der Waals surface area contributed by atoms with Gasteiger partial charge in [0.2, 0.25) is 6.79 Å². The minimum Gasteiger partial charge on any atom is -0.464 e. The standard InChI is InChI=1S/C27H33BrN6O6S/c1-5-37-24(35)17-10-15(7-9-34(17)26(36)40-27(2,3)4)6-8-33-13-30-22(29)21-23(33)32-25(31-21)41-20-12-19-18(11-16(20)28)38-14-39-19/h11-13,15,17H,5-10,14,29H2,1-4H3/t15-,17+/m1/s1. The largest absolute Gasteiger partial charge is 0.464 e. The summed E-state index contributed by atoms with van der Waals surface area (Å²) in [6.45, 7) is 8.60. The highest BCUT2D eigenvalue weighted by atomic mass is 79.9. The number of esters is 1. The predicted molar refractivity (Wildman–Crippen MR) is 154 cm³/mol. The van der Waals surface area contributed by atoms with Crippen molar-refractivity contribution < 1.29 is 28.5 Å². The van der Waals surface area contributed by atoms with E-state index in [-0.39, 0.29) is 19.3 Å². The second-order valence-electron chi connectivity index (χ2n) is 10.9. The predicted octanol–water partition coefficient (Wildman–Crippen LogP) is 4.97. The van der Waals surface area contributed by atoms with Gasteiger partial charge < -0.3 is 29.2 Å². The summed E-state index contributed by atoms with van der Waals surface area (Å²) in [5, 5.41) is 0.529. The Morgan fingerprint density at radius 3 is 2.71 bits per heavy atom. The number of fused-ring (bicyclic) bond motifs is 2. The Hall–Kier alpha value is -3.26. The van der Waals surface area contributed by atoms with E-state index >= 15 is 0 Å². The molecule has 1 aromatic carbocycles. The lowest BCUT2D eigenvalue weighted by molar-refractivity contribution is -0.151. The molecule has 1 amide bonds. The topological polar surface area (TPSA) is 144 Å². The third-order valence-electron chi connectivity index (χ3n) is 6.78. The molecule has 220 valence electrons. The number of aromatic nitrogens is 4. The third kappa shape index (κ3) is 6.64. The molecular formula is C27H33BrN6O6S. The monoisotopic (exact) mass is 648 g/mol. The molecule has 1 fully saturated rings. The average Bonchev–Trinajstić information content (AvgIpc) is 3.55. The molecule has 0 aromatic heterocycles. The maximum Gasteiger partial charge on any atom is 0.411 e. The number of imidazole rings is 1. The van der Waals surface area contributed by atoms with Gasteiger partial charge >= 0.3 is 12.1 Å². The number of benzene rings is 1. The Morgan fingerprint density at radius 2 is 1.98 bits per heavy atom. The molecule has 4 aliphatic rings. The van der Waals surface area contributed by atoms with Gasteiger partial charge in [-0.2, -0.15) is 0 Å². The van der Waals surface area contributed by atoms with Crippen LogP contribution >= 0.6 is 27.7 Å². The lowest BCUT2D eigenvalue weighted by Gasteiger charge is -2.38. The molecule has 2 N–H and O–H groups in total. The fourth-order valence-corrected chi connectivity index (χ4v) is 6.19. The van der Waals surface area contributed by atoms with E-state index in [1.165, 1.54) is 16.7 Å². The lowest BCUT2D eigenvalue weighted by Crippen LogP contribution is -2.52. The summed E-state index contributed by atoms with van der Waals surface area (Å²) in [7, 11) is 0. The van der Waals surface area contributed by atoms with Crippen molar-refractivity contribution in [1.82, 2.24) is 24.4 Å². The van der Waals surface area contributed by atoms with Crippen molar-refractivity contribution in [2.75, 3.05) is 25.7 Å². The third-order valence-corrected chi connectivity index (χ3v) is 8.62. The molecule has 0 bridgehead atoms. The molecule has 41 heavy (non-hydrogen) atoms. The van der Waals surface area contributed by atoms with E-state index in [4.69, 9.17) is 29.7 Å². The number of nitrogens with two attached hydrogens (primary N) is 1. The van der Waals surface area contributed by atoms with Crippen LogP contribution < -0.4 is 15.2 Å². The van der Waals surface area contributed by atoms with E-state index in [9.17, 15) is 9.59 Å². The lowest BCUT2D eigenvalue weighted by atomic mass is 9.88. The zero-order valence-electron chi connectivity index (χ0n) is 23.4. The SMILES string of the molecule is CCOC(=O)[C@@H]1C[C@H](CCn2cnc(N)c3nc(Sc4cc5c(cc4Br)OCO5)nc2-3)CCN1C(=O)OC(C)(C)C. The van der Waals surface area contributed by atoms with Crippen molar-refractivity contribution in [2.24, 2.45) is 5.92 Å². The quantitative estimate of drug-likeness (QED) is 0.347. The van der Waals surface area contributed by atoms with Crippen LogP contribution in [0.2, 0.25) is 0 Å². The van der Waals surface area contributed by atoms with E-state index < -0.39 is 23.7 Å². The normalized spacial score (nSPS) is 18.5. The zero-order chi connectivity index (χ0) is 29.3. The molecule has 0 spiro atoms. The summed E-state index contributed by atoms with van der Waals surface area (Å²) < 4.78 is 24.6. The van der Waals surface area contributed by atoms with Crippen molar-refractivity contribution in [2.45, 2.75) is 75.2 Å². The number of ether oxygens (including phenoxy) is 4. The maximum atomic E-state index is 12.8. The van der Waals surface area contributed by atoms with E-state index in [2.05, 4.69) is 25.9 Å². The van der Waals surface area contributed by atoms with Crippen LogP contribution in [0.3, 0.4) is 0 Å². The van der Waals surface area contributed by atoms with Crippen LogP contribution in [0.4, 0.5) is 10.6 Å². The first-order valence-electron chi connectivity index (χ1n) is 13.4. The number of carbonyl (C=O) groups is 2. The first-order chi connectivity index (χ1) is 19.5. The van der Waals surface area contributed by atoms with Gasteiger partial charge in [-0.05, 0) is 92.7 Å². The molecule has 4 heterocycles. The summed E-state index contributed by atoms with van der Waals surface area (Å²) in [6, 6.07) is 3.05. The smallest absolute Gasteiger partial charge is 0.411 e. The van der Waals surface area contributed by atoms with Crippen LogP contribution in [-0.2, 0) is 20.8 Å². The highest BCUT2D eigenvalue weighted by Crippen LogP contribution is 2.43. The van der Waals surface area contributed by atoms with Gasteiger partial charge in [-0.1, -0.05) is 0 Å². The van der Waals surface area contributed by atoms with Crippen LogP contribution in [0.5, 0.6) is 11.5 Å². The first-order valence-corrected chi connectivity index (χ1v) is 15.0. The first kappa shape index (κ1) is 29.2. The molecule has 0 saturated carbocycles. The van der Waals surface area contributed by atoms with Gasteiger partial charge in [0.05, 0.1) is 12.9 Å². The molecular weight excluding hydrogens is 616 g/mol. The fourth-order valence-electron chi connectivity index (χ4n) is 4.84. The highest BCUT2D eigenvalue weighted by Gasteiger charge is 2.39. The number of nitrogens with zero attached hydrogens (tertiary/aromatic N) is 5. The molecule has 1 aromatic rings. The van der Waals surface area contributed by atoms with Gasteiger partial charge in [-0.15, -0.1) is 0 Å². The molecule has 4 aliphatic heterocycles. The molecule has 0 unspecified atom stereocenters. The number of amides is 1. The van der Waals surface area contributed by atoms with Gasteiger partial charge in [-0.3, -0.25) is 4.90 Å².